The second-order valence-corrected chi connectivity index (χ2v) is 10.3. The summed E-state index contributed by atoms with van der Waals surface area (Å²) in [5.74, 6) is -0.157. The highest BCUT2D eigenvalue weighted by Crippen LogP contribution is 2.21. The summed E-state index contributed by atoms with van der Waals surface area (Å²) in [4.78, 5) is 27.9. The molecule has 0 bridgehead atoms. The number of nitrogens with zero attached hydrogens (tertiary/aromatic N) is 3. The SMILES string of the molecule is CC(C)(CO)C(=O)NCCN1CCC[C@@H]1Cn1nc(Cc2ccc(Cl)cc2)c2ccccc2c1=O. The highest BCUT2D eigenvalue weighted by atomic mass is 35.5. The van der Waals surface area contributed by atoms with Crippen molar-refractivity contribution in [1.29, 1.82) is 0 Å². The zero-order chi connectivity index (χ0) is 25.0. The van der Waals surface area contributed by atoms with Gasteiger partial charge in [-0.2, -0.15) is 5.10 Å². The number of benzene rings is 2. The molecule has 1 fully saturated rings. The molecule has 0 radical (unpaired) electrons. The minimum atomic E-state index is -0.798. The second kappa shape index (κ2) is 10.9. The van der Waals surface area contributed by atoms with Crippen molar-refractivity contribution in [3.8, 4) is 0 Å². The fourth-order valence-electron chi connectivity index (χ4n) is 4.58. The number of halogens is 1. The molecule has 1 saturated heterocycles. The van der Waals surface area contributed by atoms with Gasteiger partial charge in [0.05, 0.1) is 29.6 Å². The summed E-state index contributed by atoms with van der Waals surface area (Å²) in [6, 6.07) is 15.5. The number of hydrogen-bond donors (Lipinski definition) is 2. The number of likely N-dealkylation sites (tertiary alicyclic amines) is 1. The monoisotopic (exact) mass is 496 g/mol. The first-order valence-corrected chi connectivity index (χ1v) is 12.5. The second-order valence-electron chi connectivity index (χ2n) is 9.91. The summed E-state index contributed by atoms with van der Waals surface area (Å²) in [6.07, 6.45) is 2.63. The first kappa shape index (κ1) is 25.4. The van der Waals surface area contributed by atoms with E-state index in [2.05, 4.69) is 10.2 Å². The molecule has 7 nitrogen and oxygen atoms in total. The lowest BCUT2D eigenvalue weighted by Gasteiger charge is -2.26. The van der Waals surface area contributed by atoms with E-state index in [0.29, 0.717) is 36.5 Å². The van der Waals surface area contributed by atoms with Gasteiger partial charge in [-0.15, -0.1) is 0 Å². The van der Waals surface area contributed by atoms with Gasteiger partial charge in [0.2, 0.25) is 5.91 Å². The molecule has 2 aromatic carbocycles. The van der Waals surface area contributed by atoms with Crippen LogP contribution in [0.15, 0.2) is 53.3 Å². The largest absolute Gasteiger partial charge is 0.395 e. The Morgan fingerprint density at radius 1 is 1.17 bits per heavy atom. The Labute approximate surface area is 210 Å². The van der Waals surface area contributed by atoms with Gasteiger partial charge in [0.25, 0.3) is 5.56 Å². The zero-order valence-corrected chi connectivity index (χ0v) is 21.1. The summed E-state index contributed by atoms with van der Waals surface area (Å²) in [7, 11) is 0. The molecule has 1 aliphatic rings. The van der Waals surface area contributed by atoms with E-state index in [1.807, 2.05) is 48.5 Å². The number of nitrogens with one attached hydrogen (secondary N) is 1. The standard InChI is InChI=1S/C27H33ClN4O3/c1-27(2,18-33)26(35)29-13-15-31-14-5-6-21(31)17-32-25(34)23-8-4-3-7-22(23)24(30-32)16-19-9-11-20(28)12-10-19/h3-4,7-12,21,33H,5-6,13-18H2,1-2H3,(H,29,35)/t21-/m1/s1. The molecule has 0 saturated carbocycles. The molecule has 35 heavy (non-hydrogen) atoms. The lowest BCUT2D eigenvalue weighted by molar-refractivity contribution is -0.131. The number of aliphatic hydroxyl groups excluding tert-OH is 1. The van der Waals surface area contributed by atoms with Gasteiger partial charge < -0.3 is 10.4 Å². The topological polar surface area (TPSA) is 87.5 Å². The molecule has 8 heteroatoms. The molecule has 1 aromatic heterocycles. The Balaban J connectivity index is 1.52. The molecule has 2 N–H and O–H groups in total. The lowest BCUT2D eigenvalue weighted by Crippen LogP contribution is -2.44. The van der Waals surface area contributed by atoms with Crippen LogP contribution in [0.4, 0.5) is 0 Å². The molecule has 4 rings (SSSR count). The smallest absolute Gasteiger partial charge is 0.274 e. The van der Waals surface area contributed by atoms with Crippen LogP contribution < -0.4 is 10.9 Å². The van der Waals surface area contributed by atoms with Crippen LogP contribution in [0.25, 0.3) is 10.8 Å². The molecule has 0 aliphatic carbocycles. The number of fused-ring (bicyclic) bond motifs is 1. The van der Waals surface area contributed by atoms with E-state index in [1.54, 1.807) is 18.5 Å². The van der Waals surface area contributed by atoms with Crippen LogP contribution in [0, 0.1) is 5.41 Å². The van der Waals surface area contributed by atoms with Crippen molar-refractivity contribution < 1.29 is 9.90 Å². The molecule has 2 heterocycles. The minimum Gasteiger partial charge on any atom is -0.395 e. The van der Waals surface area contributed by atoms with Crippen LogP contribution >= 0.6 is 11.6 Å². The molecular formula is C27H33ClN4O3. The van der Waals surface area contributed by atoms with Gasteiger partial charge >= 0.3 is 0 Å². The Morgan fingerprint density at radius 3 is 2.60 bits per heavy atom. The maximum atomic E-state index is 13.3. The van der Waals surface area contributed by atoms with Crippen molar-refractivity contribution in [3.63, 3.8) is 0 Å². The Morgan fingerprint density at radius 2 is 1.89 bits per heavy atom. The molecule has 1 amide bonds. The highest BCUT2D eigenvalue weighted by Gasteiger charge is 2.28. The zero-order valence-electron chi connectivity index (χ0n) is 20.3. The van der Waals surface area contributed by atoms with E-state index in [0.717, 1.165) is 36.0 Å². The average molecular weight is 497 g/mol. The van der Waals surface area contributed by atoms with Crippen LogP contribution in [0.1, 0.15) is 37.9 Å². The fraction of sp³-hybridized carbons (Fsp3) is 0.444. The third-order valence-electron chi connectivity index (χ3n) is 6.81. The van der Waals surface area contributed by atoms with Crippen molar-refractivity contribution in [2.75, 3.05) is 26.2 Å². The number of carbonyl (C=O) groups excluding carboxylic acids is 1. The van der Waals surface area contributed by atoms with Crippen molar-refractivity contribution >= 4 is 28.3 Å². The summed E-state index contributed by atoms with van der Waals surface area (Å²) >= 11 is 6.05. The Bertz CT molecular complexity index is 1240. The van der Waals surface area contributed by atoms with E-state index < -0.39 is 5.41 Å². The van der Waals surface area contributed by atoms with Crippen molar-refractivity contribution in [3.05, 3.63) is 75.2 Å². The number of amides is 1. The molecule has 1 atom stereocenters. The van der Waals surface area contributed by atoms with Crippen LogP contribution in [-0.4, -0.2) is 58.0 Å². The number of hydrogen-bond acceptors (Lipinski definition) is 5. The van der Waals surface area contributed by atoms with Crippen LogP contribution in [-0.2, 0) is 17.8 Å². The average Bonchev–Trinajstić information content (AvgIpc) is 3.30. The van der Waals surface area contributed by atoms with Gasteiger partial charge in [-0.3, -0.25) is 14.5 Å². The Kier molecular flexibility index (Phi) is 7.89. The van der Waals surface area contributed by atoms with E-state index in [4.69, 9.17) is 16.7 Å². The minimum absolute atomic E-state index is 0.0784. The fourth-order valence-corrected chi connectivity index (χ4v) is 4.70. The number of carbonyl (C=O) groups is 1. The number of rotatable bonds is 9. The predicted molar refractivity (Wildman–Crippen MR) is 139 cm³/mol. The summed E-state index contributed by atoms with van der Waals surface area (Å²) < 4.78 is 1.62. The van der Waals surface area contributed by atoms with E-state index in [1.165, 1.54) is 0 Å². The van der Waals surface area contributed by atoms with Crippen molar-refractivity contribution in [1.82, 2.24) is 20.0 Å². The van der Waals surface area contributed by atoms with Crippen molar-refractivity contribution in [2.24, 2.45) is 5.41 Å². The predicted octanol–water partition coefficient (Wildman–Crippen LogP) is 3.24. The van der Waals surface area contributed by atoms with E-state index >= 15 is 0 Å². The van der Waals surface area contributed by atoms with Gasteiger partial charge in [0, 0.05) is 36.0 Å². The first-order chi connectivity index (χ1) is 16.8. The van der Waals surface area contributed by atoms with Crippen LogP contribution in [0.2, 0.25) is 5.02 Å². The molecule has 0 spiro atoms. The quantitative estimate of drug-likeness (QED) is 0.475. The highest BCUT2D eigenvalue weighted by molar-refractivity contribution is 6.30. The van der Waals surface area contributed by atoms with E-state index in [-0.39, 0.29) is 24.1 Å². The Hall–Kier alpha value is -2.74. The van der Waals surface area contributed by atoms with Gasteiger partial charge in [0.1, 0.15) is 0 Å². The molecule has 186 valence electrons. The van der Waals surface area contributed by atoms with Gasteiger partial charge in [-0.05, 0) is 57.0 Å². The normalized spacial score (nSPS) is 16.6. The van der Waals surface area contributed by atoms with E-state index in [9.17, 15) is 14.7 Å². The molecule has 1 aliphatic heterocycles. The van der Waals surface area contributed by atoms with Gasteiger partial charge in [-0.1, -0.05) is 41.9 Å². The summed E-state index contributed by atoms with van der Waals surface area (Å²) in [6.45, 7) is 5.87. The summed E-state index contributed by atoms with van der Waals surface area (Å²) in [5, 5.41) is 19.4. The van der Waals surface area contributed by atoms with Crippen LogP contribution in [0.5, 0.6) is 0 Å². The first-order valence-electron chi connectivity index (χ1n) is 12.1. The maximum Gasteiger partial charge on any atom is 0.274 e. The maximum absolute atomic E-state index is 13.3. The molecule has 0 unspecified atom stereocenters. The molecule has 3 aromatic rings. The molecular weight excluding hydrogens is 464 g/mol. The lowest BCUT2D eigenvalue weighted by atomic mass is 9.94. The number of aliphatic hydroxyl groups is 1. The summed E-state index contributed by atoms with van der Waals surface area (Å²) in [5.41, 5.74) is 1.07. The van der Waals surface area contributed by atoms with Crippen molar-refractivity contribution in [2.45, 2.75) is 45.7 Å². The third-order valence-corrected chi connectivity index (χ3v) is 7.06. The van der Waals surface area contributed by atoms with Gasteiger partial charge in [-0.25, -0.2) is 4.68 Å². The van der Waals surface area contributed by atoms with Gasteiger partial charge in [0.15, 0.2) is 0 Å². The number of aromatic nitrogens is 2. The third kappa shape index (κ3) is 5.92. The van der Waals surface area contributed by atoms with Crippen LogP contribution in [0.3, 0.4) is 0 Å².